The van der Waals surface area contributed by atoms with E-state index >= 15 is 0 Å². The first-order valence-electron chi connectivity index (χ1n) is 4.55. The van der Waals surface area contributed by atoms with E-state index in [1.54, 1.807) is 0 Å². The van der Waals surface area contributed by atoms with E-state index in [2.05, 4.69) is 4.74 Å². The van der Waals surface area contributed by atoms with Crippen molar-refractivity contribution >= 4 is 5.97 Å². The van der Waals surface area contributed by atoms with Gasteiger partial charge >= 0.3 is 18.3 Å². The van der Waals surface area contributed by atoms with Crippen molar-refractivity contribution < 1.29 is 40.3 Å². The van der Waals surface area contributed by atoms with Crippen LogP contribution in [0.4, 0.5) is 30.7 Å². The smallest absolute Gasteiger partial charge is 0.420 e. The number of hydrogen-bond acceptors (Lipinski definition) is 2. The van der Waals surface area contributed by atoms with Gasteiger partial charge in [-0.2, -0.15) is 26.3 Å². The first-order chi connectivity index (χ1) is 8.50. The molecule has 0 aliphatic carbocycles. The topological polar surface area (TPSA) is 26.3 Å². The quantitative estimate of drug-likeness (QED) is 0.583. The average molecular weight is 290 g/mol. The summed E-state index contributed by atoms with van der Waals surface area (Å²) in [7, 11) is 0.591. The van der Waals surface area contributed by atoms with E-state index in [1.807, 2.05) is 0 Å². The van der Waals surface area contributed by atoms with Crippen LogP contribution >= 0.6 is 0 Å². The summed E-state index contributed by atoms with van der Waals surface area (Å²) in [5.41, 5.74) is -6.09. The second kappa shape index (κ2) is 4.71. The summed E-state index contributed by atoms with van der Waals surface area (Å²) in [6.07, 6.45) is -10.7. The summed E-state index contributed by atoms with van der Waals surface area (Å²) >= 11 is 0. The first-order valence-corrected chi connectivity index (χ1v) is 4.55. The monoisotopic (exact) mass is 290 g/mol. The molecule has 0 N–H and O–H groups in total. The van der Waals surface area contributed by atoms with Crippen molar-refractivity contribution in [2.24, 2.45) is 0 Å². The zero-order chi connectivity index (χ0) is 15.0. The Balaban J connectivity index is 3.76. The second-order valence-electron chi connectivity index (χ2n) is 3.33. The molecule has 0 fully saturated rings. The fraction of sp³-hybridized carbons (Fsp3) is 0.300. The maximum atomic E-state index is 13.1. The number of methoxy groups -OCH3 is 1. The molecule has 19 heavy (non-hydrogen) atoms. The van der Waals surface area contributed by atoms with Gasteiger partial charge in [-0.15, -0.1) is 0 Å². The predicted molar refractivity (Wildman–Crippen MR) is 47.7 cm³/mol. The van der Waals surface area contributed by atoms with Gasteiger partial charge in [0.25, 0.3) is 0 Å². The molecule has 106 valence electrons. The van der Waals surface area contributed by atoms with Gasteiger partial charge in [0.15, 0.2) is 0 Å². The number of alkyl halides is 6. The molecule has 1 aromatic rings. The van der Waals surface area contributed by atoms with Crippen molar-refractivity contribution in [2.75, 3.05) is 7.11 Å². The number of carbonyl (C=O) groups is 1. The van der Waals surface area contributed by atoms with Crippen molar-refractivity contribution in [2.45, 2.75) is 12.4 Å². The lowest BCUT2D eigenvalue weighted by Crippen LogP contribution is -2.22. The summed E-state index contributed by atoms with van der Waals surface area (Å²) in [6, 6.07) is 0.0505. The molecular formula is C10H5F7O2. The molecule has 0 saturated carbocycles. The van der Waals surface area contributed by atoms with Crippen LogP contribution in [-0.2, 0) is 17.1 Å². The number of carbonyl (C=O) groups excluding carboxylic acids is 1. The Morgan fingerprint density at radius 3 is 1.95 bits per heavy atom. The number of ether oxygens (including phenoxy) is 1. The Morgan fingerprint density at radius 2 is 1.58 bits per heavy atom. The zero-order valence-electron chi connectivity index (χ0n) is 9.12. The number of halogens is 7. The zero-order valence-corrected chi connectivity index (χ0v) is 9.12. The van der Waals surface area contributed by atoms with Gasteiger partial charge in [0.05, 0.1) is 18.2 Å². The summed E-state index contributed by atoms with van der Waals surface area (Å²) < 4.78 is 92.3. The summed E-state index contributed by atoms with van der Waals surface area (Å²) in [6.45, 7) is 0. The molecule has 0 amide bonds. The van der Waals surface area contributed by atoms with Gasteiger partial charge in [0.1, 0.15) is 11.4 Å². The largest absolute Gasteiger partial charge is 0.465 e. The third-order valence-corrected chi connectivity index (χ3v) is 2.13. The minimum absolute atomic E-state index is 0.00190. The predicted octanol–water partition coefficient (Wildman–Crippen LogP) is 3.65. The molecule has 1 aromatic carbocycles. The number of benzene rings is 1. The van der Waals surface area contributed by atoms with Gasteiger partial charge in [0.2, 0.25) is 0 Å². The molecule has 0 spiro atoms. The standard InChI is InChI=1S/C10H5F7O2/c1-19-8(18)6-4(9(12,13)14)2-3-5(11)7(6)10(15,16)17/h2-3H,1H3. The van der Waals surface area contributed by atoms with Crippen LogP contribution in [0.5, 0.6) is 0 Å². The van der Waals surface area contributed by atoms with Crippen LogP contribution in [0.3, 0.4) is 0 Å². The Hall–Kier alpha value is -1.80. The summed E-state index contributed by atoms with van der Waals surface area (Å²) in [4.78, 5) is 11.1. The average Bonchev–Trinajstić information content (AvgIpc) is 2.24. The first kappa shape index (κ1) is 15.3. The highest BCUT2D eigenvalue weighted by Crippen LogP contribution is 2.40. The van der Waals surface area contributed by atoms with Gasteiger partial charge < -0.3 is 4.74 Å². The van der Waals surface area contributed by atoms with Crippen molar-refractivity contribution in [3.8, 4) is 0 Å². The van der Waals surface area contributed by atoms with Crippen LogP contribution < -0.4 is 0 Å². The Bertz CT molecular complexity index is 502. The van der Waals surface area contributed by atoms with Crippen LogP contribution in [0.15, 0.2) is 12.1 Å². The third kappa shape index (κ3) is 2.96. The number of esters is 1. The molecule has 9 heteroatoms. The lowest BCUT2D eigenvalue weighted by atomic mass is 9.99. The van der Waals surface area contributed by atoms with E-state index in [0.717, 1.165) is 0 Å². The normalized spacial score (nSPS) is 12.4. The van der Waals surface area contributed by atoms with Gasteiger partial charge in [-0.3, -0.25) is 0 Å². The molecular weight excluding hydrogens is 285 g/mol. The number of hydrogen-bond donors (Lipinski definition) is 0. The lowest BCUT2D eigenvalue weighted by molar-refractivity contribution is -0.145. The maximum Gasteiger partial charge on any atom is 0.420 e. The highest BCUT2D eigenvalue weighted by Gasteiger charge is 2.45. The second-order valence-corrected chi connectivity index (χ2v) is 3.33. The van der Waals surface area contributed by atoms with Crippen molar-refractivity contribution in [1.82, 2.24) is 0 Å². The molecule has 0 aromatic heterocycles. The van der Waals surface area contributed by atoms with E-state index in [0.29, 0.717) is 7.11 Å². The van der Waals surface area contributed by atoms with Crippen molar-refractivity contribution in [3.63, 3.8) is 0 Å². The molecule has 0 aliphatic heterocycles. The minimum Gasteiger partial charge on any atom is -0.465 e. The Kier molecular flexibility index (Phi) is 3.78. The molecule has 0 bridgehead atoms. The molecule has 0 saturated heterocycles. The van der Waals surface area contributed by atoms with Gasteiger partial charge in [0, 0.05) is 0 Å². The van der Waals surface area contributed by atoms with Gasteiger partial charge in [-0.1, -0.05) is 0 Å². The third-order valence-electron chi connectivity index (χ3n) is 2.13. The fourth-order valence-corrected chi connectivity index (χ4v) is 1.40. The Morgan fingerprint density at radius 1 is 1.05 bits per heavy atom. The van der Waals surface area contributed by atoms with E-state index in [-0.39, 0.29) is 12.1 Å². The van der Waals surface area contributed by atoms with Crippen molar-refractivity contribution in [1.29, 1.82) is 0 Å². The fourth-order valence-electron chi connectivity index (χ4n) is 1.40. The molecule has 0 heterocycles. The van der Waals surface area contributed by atoms with Crippen molar-refractivity contribution in [3.05, 3.63) is 34.6 Å². The highest BCUT2D eigenvalue weighted by molar-refractivity contribution is 5.93. The SMILES string of the molecule is COC(=O)c1c(C(F)(F)F)ccc(F)c1C(F)(F)F. The minimum atomic E-state index is -5.46. The van der Waals surface area contributed by atoms with Crippen LogP contribution in [0.2, 0.25) is 0 Å². The molecule has 2 nitrogen and oxygen atoms in total. The number of rotatable bonds is 1. The van der Waals surface area contributed by atoms with Crippen LogP contribution in [0, 0.1) is 5.82 Å². The van der Waals surface area contributed by atoms with Gasteiger partial charge in [-0.05, 0) is 12.1 Å². The van der Waals surface area contributed by atoms with E-state index in [1.165, 1.54) is 0 Å². The molecule has 0 atom stereocenters. The van der Waals surface area contributed by atoms with Crippen LogP contribution in [0.1, 0.15) is 21.5 Å². The Labute approximate surface area is 101 Å². The molecule has 0 radical (unpaired) electrons. The summed E-state index contributed by atoms with van der Waals surface area (Å²) in [5.74, 6) is -3.90. The molecule has 0 aliphatic rings. The van der Waals surface area contributed by atoms with Gasteiger partial charge in [-0.25, -0.2) is 9.18 Å². The molecule has 1 rings (SSSR count). The molecule has 0 unspecified atom stereocenters. The lowest BCUT2D eigenvalue weighted by Gasteiger charge is -2.17. The van der Waals surface area contributed by atoms with E-state index < -0.39 is 40.8 Å². The van der Waals surface area contributed by atoms with Crippen LogP contribution in [-0.4, -0.2) is 13.1 Å². The highest BCUT2D eigenvalue weighted by atomic mass is 19.4. The van der Waals surface area contributed by atoms with E-state index in [9.17, 15) is 35.5 Å². The van der Waals surface area contributed by atoms with Crippen LogP contribution in [0.25, 0.3) is 0 Å². The van der Waals surface area contributed by atoms with E-state index in [4.69, 9.17) is 0 Å². The maximum absolute atomic E-state index is 13.1. The summed E-state index contributed by atoms with van der Waals surface area (Å²) in [5, 5.41) is 0.